The predicted octanol–water partition coefficient (Wildman–Crippen LogP) is 5.36. The van der Waals surface area contributed by atoms with Gasteiger partial charge < -0.3 is 23.8 Å². The summed E-state index contributed by atoms with van der Waals surface area (Å²) in [7, 11) is 3.17. The van der Waals surface area contributed by atoms with Crippen molar-refractivity contribution < 1.29 is 23.7 Å². The molecule has 0 N–H and O–H groups in total. The number of likely N-dealkylation sites (tertiary alicyclic amines) is 1. The van der Waals surface area contributed by atoms with Crippen molar-refractivity contribution in [3.8, 4) is 23.0 Å². The zero-order valence-electron chi connectivity index (χ0n) is 19.6. The van der Waals surface area contributed by atoms with Gasteiger partial charge in [-0.2, -0.15) is 0 Å². The number of fused-ring (bicyclic) bond motifs is 1. The van der Waals surface area contributed by atoms with Crippen molar-refractivity contribution in [3.63, 3.8) is 0 Å². The number of nitrogens with zero attached hydrogens (tertiary/aromatic N) is 1. The van der Waals surface area contributed by atoms with Gasteiger partial charge in [0.25, 0.3) is 0 Å². The second-order valence-electron chi connectivity index (χ2n) is 8.52. The molecule has 0 bridgehead atoms. The third kappa shape index (κ3) is 5.88. The summed E-state index contributed by atoms with van der Waals surface area (Å²) in [5.74, 6) is 2.65. The van der Waals surface area contributed by atoms with Crippen LogP contribution >= 0.6 is 0 Å². The number of hydrogen-bond donors (Lipinski definition) is 0. The highest BCUT2D eigenvalue weighted by molar-refractivity contribution is 6.14. The fourth-order valence-electron chi connectivity index (χ4n) is 4.34. The summed E-state index contributed by atoms with van der Waals surface area (Å²) < 4.78 is 22.4. The zero-order chi connectivity index (χ0) is 23.0. The van der Waals surface area contributed by atoms with Crippen LogP contribution in [0.2, 0.25) is 0 Å². The molecule has 0 atom stereocenters. The van der Waals surface area contributed by atoms with Crippen LogP contribution in [0.3, 0.4) is 0 Å². The van der Waals surface area contributed by atoms with Gasteiger partial charge in [-0.3, -0.25) is 4.79 Å². The maximum atomic E-state index is 12.8. The lowest BCUT2D eigenvalue weighted by Crippen LogP contribution is -2.30. The minimum absolute atomic E-state index is 0.135. The number of unbranched alkanes of at least 4 members (excludes halogenated alkanes) is 2. The van der Waals surface area contributed by atoms with Gasteiger partial charge in [0.15, 0.2) is 17.3 Å². The minimum atomic E-state index is -0.135. The molecule has 2 aromatic rings. The lowest BCUT2D eigenvalue weighted by Gasteiger charge is -2.26. The van der Waals surface area contributed by atoms with Gasteiger partial charge in [0.05, 0.1) is 26.4 Å². The van der Waals surface area contributed by atoms with Crippen molar-refractivity contribution in [1.29, 1.82) is 0 Å². The second kappa shape index (κ2) is 11.2. The Bertz CT molecular complexity index is 994. The quantitative estimate of drug-likeness (QED) is 0.358. The highest BCUT2D eigenvalue weighted by Gasteiger charge is 2.27. The van der Waals surface area contributed by atoms with Crippen LogP contribution in [0.25, 0.3) is 6.08 Å². The first-order valence-corrected chi connectivity index (χ1v) is 11.8. The summed E-state index contributed by atoms with van der Waals surface area (Å²) in [6.07, 6.45) is 9.19. The lowest BCUT2D eigenvalue weighted by molar-refractivity contribution is 0.101. The first-order valence-electron chi connectivity index (χ1n) is 11.8. The van der Waals surface area contributed by atoms with Crippen LogP contribution in [-0.2, 0) is 0 Å². The van der Waals surface area contributed by atoms with Crippen molar-refractivity contribution >= 4 is 11.9 Å². The zero-order valence-corrected chi connectivity index (χ0v) is 19.6. The van der Waals surface area contributed by atoms with Gasteiger partial charge in [-0.15, -0.1) is 0 Å². The Kier molecular flexibility index (Phi) is 7.89. The van der Waals surface area contributed by atoms with E-state index in [0.717, 1.165) is 24.2 Å². The molecule has 0 aromatic heterocycles. The Morgan fingerprint density at radius 1 is 0.939 bits per heavy atom. The molecular formula is C27H33NO5. The molecule has 1 saturated heterocycles. The number of Topliss-reactive ketones (excluding diaryl/α,β-unsaturated/α-hetero) is 1. The molecule has 2 aromatic carbocycles. The van der Waals surface area contributed by atoms with E-state index in [2.05, 4.69) is 4.90 Å². The average Bonchev–Trinajstić information content (AvgIpc) is 3.16. The van der Waals surface area contributed by atoms with Crippen LogP contribution in [0.4, 0.5) is 0 Å². The number of piperidine rings is 1. The van der Waals surface area contributed by atoms with Crippen LogP contribution in [0.15, 0.2) is 42.2 Å². The molecule has 4 rings (SSSR count). The summed E-state index contributed by atoms with van der Waals surface area (Å²) in [6.45, 7) is 4.38. The van der Waals surface area contributed by atoms with Crippen LogP contribution in [0.5, 0.6) is 23.0 Å². The van der Waals surface area contributed by atoms with Crippen molar-refractivity contribution in [2.45, 2.75) is 38.5 Å². The number of ketones is 1. The van der Waals surface area contributed by atoms with E-state index in [1.54, 1.807) is 38.5 Å². The summed E-state index contributed by atoms with van der Waals surface area (Å²) in [5, 5.41) is 0. The number of benzene rings is 2. The molecule has 2 aliphatic rings. The van der Waals surface area contributed by atoms with E-state index in [9.17, 15) is 4.79 Å². The maximum absolute atomic E-state index is 12.8. The van der Waals surface area contributed by atoms with E-state index < -0.39 is 0 Å². The summed E-state index contributed by atoms with van der Waals surface area (Å²) in [5.41, 5.74) is 1.35. The molecule has 6 heteroatoms. The standard InChI is InChI=1S/C27H33NO5/c1-30-23-12-9-20(17-25(23)31-2)18-26-27(29)22-11-10-21(19-24(22)33-26)32-16-8-4-7-15-28-13-5-3-6-14-28/h9-12,17-19H,3-8,13-16H2,1-2H3/b26-18-. The summed E-state index contributed by atoms with van der Waals surface area (Å²) >= 11 is 0. The largest absolute Gasteiger partial charge is 0.493 e. The van der Waals surface area contributed by atoms with Gasteiger partial charge in [0.1, 0.15) is 11.5 Å². The normalized spacial score (nSPS) is 17.0. The molecule has 0 spiro atoms. The van der Waals surface area contributed by atoms with Gasteiger partial charge in [0.2, 0.25) is 5.78 Å². The van der Waals surface area contributed by atoms with E-state index in [1.807, 2.05) is 18.2 Å². The predicted molar refractivity (Wildman–Crippen MR) is 129 cm³/mol. The Morgan fingerprint density at radius 2 is 1.76 bits per heavy atom. The van der Waals surface area contributed by atoms with E-state index in [1.165, 1.54) is 45.3 Å². The molecule has 176 valence electrons. The molecule has 0 amide bonds. The molecular weight excluding hydrogens is 418 g/mol. The van der Waals surface area contributed by atoms with E-state index >= 15 is 0 Å². The summed E-state index contributed by atoms with van der Waals surface area (Å²) in [6, 6.07) is 10.9. The van der Waals surface area contributed by atoms with Crippen molar-refractivity contribution in [2.24, 2.45) is 0 Å². The smallest absolute Gasteiger partial charge is 0.231 e. The van der Waals surface area contributed by atoms with Crippen molar-refractivity contribution in [3.05, 3.63) is 53.3 Å². The SMILES string of the molecule is COc1ccc(/C=C2\Oc3cc(OCCCCCN4CCCCC4)ccc3C2=O)cc1OC. The number of carbonyl (C=O) groups excluding carboxylic acids is 1. The summed E-state index contributed by atoms with van der Waals surface area (Å²) in [4.78, 5) is 15.3. The molecule has 1 fully saturated rings. The number of hydrogen-bond acceptors (Lipinski definition) is 6. The fourth-order valence-corrected chi connectivity index (χ4v) is 4.34. The molecule has 6 nitrogen and oxygen atoms in total. The van der Waals surface area contributed by atoms with Gasteiger partial charge in [-0.25, -0.2) is 0 Å². The molecule has 0 aliphatic carbocycles. The number of carbonyl (C=O) groups is 1. The Hall–Kier alpha value is -2.99. The molecule has 33 heavy (non-hydrogen) atoms. The Morgan fingerprint density at radius 3 is 2.55 bits per heavy atom. The number of ether oxygens (including phenoxy) is 4. The highest BCUT2D eigenvalue weighted by atomic mass is 16.5. The fraction of sp³-hybridized carbons (Fsp3) is 0.444. The van der Waals surface area contributed by atoms with Crippen molar-refractivity contribution in [2.75, 3.05) is 40.5 Å². The third-order valence-corrected chi connectivity index (χ3v) is 6.18. The van der Waals surface area contributed by atoms with E-state index in [-0.39, 0.29) is 11.5 Å². The topological polar surface area (TPSA) is 57.2 Å². The van der Waals surface area contributed by atoms with Gasteiger partial charge >= 0.3 is 0 Å². The van der Waals surface area contributed by atoms with E-state index in [4.69, 9.17) is 18.9 Å². The maximum Gasteiger partial charge on any atom is 0.231 e. The van der Waals surface area contributed by atoms with Crippen LogP contribution < -0.4 is 18.9 Å². The average molecular weight is 452 g/mol. The van der Waals surface area contributed by atoms with Gasteiger partial charge in [-0.1, -0.05) is 12.5 Å². The highest BCUT2D eigenvalue weighted by Crippen LogP contribution is 2.36. The van der Waals surface area contributed by atoms with Crippen LogP contribution in [0.1, 0.15) is 54.4 Å². The Balaban J connectivity index is 1.29. The number of allylic oxidation sites excluding steroid dienone is 1. The molecule has 2 heterocycles. The first kappa shape index (κ1) is 23.2. The Labute approximate surface area is 196 Å². The first-order chi connectivity index (χ1) is 16.2. The lowest BCUT2D eigenvalue weighted by atomic mass is 10.1. The molecule has 2 aliphatic heterocycles. The number of methoxy groups -OCH3 is 2. The second-order valence-corrected chi connectivity index (χ2v) is 8.52. The number of rotatable bonds is 10. The molecule has 0 radical (unpaired) electrons. The monoisotopic (exact) mass is 451 g/mol. The molecule has 0 unspecified atom stereocenters. The minimum Gasteiger partial charge on any atom is -0.493 e. The van der Waals surface area contributed by atoms with Crippen LogP contribution in [0, 0.1) is 0 Å². The van der Waals surface area contributed by atoms with Crippen molar-refractivity contribution in [1.82, 2.24) is 4.90 Å². The van der Waals surface area contributed by atoms with E-state index in [0.29, 0.717) is 29.4 Å². The molecule has 0 saturated carbocycles. The van der Waals surface area contributed by atoms with Crippen LogP contribution in [-0.4, -0.2) is 51.1 Å². The third-order valence-electron chi connectivity index (χ3n) is 6.18. The van der Waals surface area contributed by atoms with Gasteiger partial charge in [0, 0.05) is 6.07 Å². The van der Waals surface area contributed by atoms with Gasteiger partial charge in [-0.05, 0) is 87.6 Å².